The minimum absolute atomic E-state index is 0.0943. The molecule has 1 unspecified atom stereocenters. The van der Waals surface area contributed by atoms with Gasteiger partial charge in [0.1, 0.15) is 0 Å². The summed E-state index contributed by atoms with van der Waals surface area (Å²) in [6.45, 7) is 2.34. The predicted octanol–water partition coefficient (Wildman–Crippen LogP) is 2.95. The van der Waals surface area contributed by atoms with Gasteiger partial charge in [0.25, 0.3) is 11.8 Å². The van der Waals surface area contributed by atoms with Gasteiger partial charge in [-0.05, 0) is 57.3 Å². The zero-order valence-corrected chi connectivity index (χ0v) is 15.8. The van der Waals surface area contributed by atoms with Crippen LogP contribution in [0.25, 0.3) is 11.5 Å². The van der Waals surface area contributed by atoms with Gasteiger partial charge in [-0.15, -0.1) is 0 Å². The van der Waals surface area contributed by atoms with Gasteiger partial charge in [0.2, 0.25) is 0 Å². The van der Waals surface area contributed by atoms with E-state index in [9.17, 15) is 4.79 Å². The molecule has 0 aliphatic rings. The predicted molar refractivity (Wildman–Crippen MR) is 104 cm³/mol. The molecule has 0 saturated heterocycles. The third kappa shape index (κ3) is 5.01. The van der Waals surface area contributed by atoms with Crippen LogP contribution in [-0.2, 0) is 6.42 Å². The maximum atomic E-state index is 12.5. The van der Waals surface area contributed by atoms with Gasteiger partial charge in [0.15, 0.2) is 5.82 Å². The second kappa shape index (κ2) is 8.60. The standard InChI is InChI=1S/C21H24N4O2/c1-15-23-21(27-24-15)18-11-9-17(10-12-18)20(26)22-14-19(25(2)3)13-16-7-5-4-6-8-16/h4-12,19H,13-14H2,1-3H3,(H,22,26). The summed E-state index contributed by atoms with van der Waals surface area (Å²) in [5, 5.41) is 6.81. The van der Waals surface area contributed by atoms with Gasteiger partial charge in [0.05, 0.1) is 0 Å². The van der Waals surface area contributed by atoms with Gasteiger partial charge in [-0.25, -0.2) is 0 Å². The van der Waals surface area contributed by atoms with Gasteiger partial charge in [-0.2, -0.15) is 4.98 Å². The van der Waals surface area contributed by atoms with Crippen molar-refractivity contribution in [3.05, 3.63) is 71.5 Å². The first kappa shape index (κ1) is 18.8. The fraction of sp³-hybridized carbons (Fsp3) is 0.286. The van der Waals surface area contributed by atoms with Crippen LogP contribution in [0.5, 0.6) is 0 Å². The second-order valence-electron chi connectivity index (χ2n) is 6.74. The molecule has 6 nitrogen and oxygen atoms in total. The smallest absolute Gasteiger partial charge is 0.257 e. The average molecular weight is 364 g/mol. The Bertz CT molecular complexity index is 873. The quantitative estimate of drug-likeness (QED) is 0.698. The average Bonchev–Trinajstić information content (AvgIpc) is 3.12. The second-order valence-corrected chi connectivity index (χ2v) is 6.74. The van der Waals surface area contributed by atoms with Crippen LogP contribution in [0.1, 0.15) is 21.7 Å². The molecule has 140 valence electrons. The first-order chi connectivity index (χ1) is 13.0. The summed E-state index contributed by atoms with van der Waals surface area (Å²) in [6.07, 6.45) is 0.879. The Labute approximate surface area is 159 Å². The van der Waals surface area contributed by atoms with Crippen LogP contribution in [0.4, 0.5) is 0 Å². The van der Waals surface area contributed by atoms with Gasteiger partial charge < -0.3 is 14.7 Å². The van der Waals surface area contributed by atoms with Gasteiger partial charge in [0, 0.05) is 23.7 Å². The number of nitrogens with one attached hydrogen (secondary N) is 1. The lowest BCUT2D eigenvalue weighted by Gasteiger charge is -2.24. The van der Waals surface area contributed by atoms with E-state index in [4.69, 9.17) is 4.52 Å². The Hall–Kier alpha value is -2.99. The van der Waals surface area contributed by atoms with Crippen molar-refractivity contribution in [2.75, 3.05) is 20.6 Å². The van der Waals surface area contributed by atoms with Crippen molar-refractivity contribution in [1.82, 2.24) is 20.4 Å². The number of likely N-dealkylation sites (N-methyl/N-ethyl adjacent to an activating group) is 1. The van der Waals surface area contributed by atoms with Crippen molar-refractivity contribution in [3.8, 4) is 11.5 Å². The lowest BCUT2D eigenvalue weighted by Crippen LogP contribution is -2.41. The summed E-state index contributed by atoms with van der Waals surface area (Å²) in [6, 6.07) is 17.7. The van der Waals surface area contributed by atoms with E-state index in [2.05, 4.69) is 32.5 Å². The molecular weight excluding hydrogens is 340 g/mol. The normalized spacial score (nSPS) is 12.1. The first-order valence-corrected chi connectivity index (χ1v) is 8.92. The van der Waals surface area contributed by atoms with Crippen LogP contribution in [-0.4, -0.2) is 47.6 Å². The van der Waals surface area contributed by atoms with Crippen molar-refractivity contribution in [2.24, 2.45) is 0 Å². The van der Waals surface area contributed by atoms with Crippen LogP contribution in [0.3, 0.4) is 0 Å². The Morgan fingerprint density at radius 1 is 1.11 bits per heavy atom. The number of benzene rings is 2. The van der Waals surface area contributed by atoms with E-state index in [1.54, 1.807) is 19.1 Å². The molecule has 1 N–H and O–H groups in total. The Balaban J connectivity index is 1.60. The fourth-order valence-electron chi connectivity index (χ4n) is 2.81. The van der Waals surface area contributed by atoms with Crippen LogP contribution < -0.4 is 5.32 Å². The molecule has 0 aliphatic heterocycles. The SMILES string of the molecule is Cc1noc(-c2ccc(C(=O)NCC(Cc3ccccc3)N(C)C)cc2)n1. The van der Waals surface area contributed by atoms with Gasteiger partial charge >= 0.3 is 0 Å². The molecule has 0 aliphatic carbocycles. The number of hydrogen-bond acceptors (Lipinski definition) is 5. The summed E-state index contributed by atoms with van der Waals surface area (Å²) < 4.78 is 5.15. The highest BCUT2D eigenvalue weighted by Gasteiger charge is 2.15. The largest absolute Gasteiger partial charge is 0.350 e. The molecule has 0 bridgehead atoms. The minimum Gasteiger partial charge on any atom is -0.350 e. The van der Waals surface area contributed by atoms with Crippen molar-refractivity contribution in [1.29, 1.82) is 0 Å². The molecule has 0 saturated carbocycles. The van der Waals surface area contributed by atoms with E-state index in [-0.39, 0.29) is 11.9 Å². The molecule has 0 fully saturated rings. The number of carbonyl (C=O) groups is 1. The van der Waals surface area contributed by atoms with Crippen LogP contribution in [0, 0.1) is 6.92 Å². The lowest BCUT2D eigenvalue weighted by molar-refractivity contribution is 0.0941. The summed E-state index contributed by atoms with van der Waals surface area (Å²) in [5.41, 5.74) is 2.65. The molecule has 1 atom stereocenters. The lowest BCUT2D eigenvalue weighted by atomic mass is 10.0. The third-order valence-corrected chi connectivity index (χ3v) is 4.46. The molecule has 0 radical (unpaired) electrons. The van der Waals surface area contributed by atoms with Crippen LogP contribution in [0.2, 0.25) is 0 Å². The summed E-state index contributed by atoms with van der Waals surface area (Å²) in [7, 11) is 4.06. The van der Waals surface area contributed by atoms with Crippen LogP contribution in [0.15, 0.2) is 59.1 Å². The summed E-state index contributed by atoms with van der Waals surface area (Å²) in [4.78, 5) is 18.8. The van der Waals surface area contributed by atoms with E-state index in [1.807, 2.05) is 44.4 Å². The van der Waals surface area contributed by atoms with Crippen molar-refractivity contribution in [3.63, 3.8) is 0 Å². The van der Waals surface area contributed by atoms with E-state index >= 15 is 0 Å². The molecular formula is C21H24N4O2. The van der Waals surface area contributed by atoms with E-state index in [0.717, 1.165) is 12.0 Å². The van der Waals surface area contributed by atoms with Crippen LogP contribution >= 0.6 is 0 Å². The number of amides is 1. The number of aromatic nitrogens is 2. The maximum absolute atomic E-state index is 12.5. The van der Waals surface area contributed by atoms with Crippen molar-refractivity contribution in [2.45, 2.75) is 19.4 Å². The minimum atomic E-state index is -0.0943. The van der Waals surface area contributed by atoms with E-state index < -0.39 is 0 Å². The zero-order chi connectivity index (χ0) is 19.2. The molecule has 1 aromatic heterocycles. The highest BCUT2D eigenvalue weighted by atomic mass is 16.5. The van der Waals surface area contributed by atoms with Gasteiger partial charge in [-0.1, -0.05) is 35.5 Å². The van der Waals surface area contributed by atoms with Crippen molar-refractivity contribution < 1.29 is 9.32 Å². The van der Waals surface area contributed by atoms with Crippen molar-refractivity contribution >= 4 is 5.91 Å². The first-order valence-electron chi connectivity index (χ1n) is 8.92. The number of aryl methyl sites for hydroxylation is 1. The molecule has 2 aromatic carbocycles. The number of carbonyl (C=O) groups excluding carboxylic acids is 1. The Kier molecular flexibility index (Phi) is 5.98. The number of hydrogen-bond donors (Lipinski definition) is 1. The molecule has 1 heterocycles. The monoisotopic (exact) mass is 364 g/mol. The highest BCUT2D eigenvalue weighted by molar-refractivity contribution is 5.94. The molecule has 6 heteroatoms. The Morgan fingerprint density at radius 3 is 2.41 bits per heavy atom. The third-order valence-electron chi connectivity index (χ3n) is 4.46. The highest BCUT2D eigenvalue weighted by Crippen LogP contribution is 2.17. The molecule has 3 aromatic rings. The fourth-order valence-corrected chi connectivity index (χ4v) is 2.81. The summed E-state index contributed by atoms with van der Waals surface area (Å²) in [5.74, 6) is 0.943. The molecule has 27 heavy (non-hydrogen) atoms. The molecule has 1 amide bonds. The number of nitrogens with zero attached hydrogens (tertiary/aromatic N) is 3. The zero-order valence-electron chi connectivity index (χ0n) is 15.8. The maximum Gasteiger partial charge on any atom is 0.257 e. The van der Waals surface area contributed by atoms with Gasteiger partial charge in [-0.3, -0.25) is 4.79 Å². The Morgan fingerprint density at radius 2 is 1.81 bits per heavy atom. The topological polar surface area (TPSA) is 71.3 Å². The number of rotatable bonds is 7. The molecule has 0 spiro atoms. The molecule has 3 rings (SSSR count). The van der Waals surface area contributed by atoms with E-state index in [0.29, 0.717) is 23.8 Å². The van der Waals surface area contributed by atoms with E-state index in [1.165, 1.54) is 5.56 Å². The summed E-state index contributed by atoms with van der Waals surface area (Å²) >= 11 is 0.